The van der Waals surface area contributed by atoms with Crippen LogP contribution in [0.3, 0.4) is 0 Å². The minimum atomic E-state index is 0.0927. The van der Waals surface area contributed by atoms with Crippen LogP contribution in [0, 0.1) is 0 Å². The van der Waals surface area contributed by atoms with Gasteiger partial charge in [-0.15, -0.1) is 0 Å². The number of ether oxygens (including phenoxy) is 1. The third kappa shape index (κ3) is 4.28. The van der Waals surface area contributed by atoms with Gasteiger partial charge in [0.2, 0.25) is 5.88 Å². The lowest BCUT2D eigenvalue weighted by Gasteiger charge is -2.28. The van der Waals surface area contributed by atoms with Crippen molar-refractivity contribution in [1.29, 1.82) is 0 Å². The maximum Gasteiger partial charge on any atom is 0.317 e. The SMILES string of the molecule is CN1C=C(Oc2cc(C=C3CCN(C(=O)NC4CC4)CC3)c[nH]2)N=CC1. The second-order valence-electron chi connectivity index (χ2n) is 7.13. The van der Waals surface area contributed by atoms with Gasteiger partial charge >= 0.3 is 6.03 Å². The molecule has 1 aromatic heterocycles. The zero-order valence-corrected chi connectivity index (χ0v) is 15.1. The fourth-order valence-corrected chi connectivity index (χ4v) is 3.10. The van der Waals surface area contributed by atoms with Gasteiger partial charge in [-0.3, -0.25) is 0 Å². The van der Waals surface area contributed by atoms with Crippen molar-refractivity contribution in [1.82, 2.24) is 20.1 Å². The summed E-state index contributed by atoms with van der Waals surface area (Å²) in [4.78, 5) is 23.4. The van der Waals surface area contributed by atoms with E-state index in [1.807, 2.05) is 41.5 Å². The normalized spacial score (nSPS) is 20.0. The summed E-state index contributed by atoms with van der Waals surface area (Å²) in [7, 11) is 1.98. The van der Waals surface area contributed by atoms with E-state index >= 15 is 0 Å². The van der Waals surface area contributed by atoms with E-state index in [1.165, 1.54) is 5.57 Å². The minimum absolute atomic E-state index is 0.0927. The van der Waals surface area contributed by atoms with Crippen molar-refractivity contribution in [2.45, 2.75) is 31.7 Å². The minimum Gasteiger partial charge on any atom is -0.421 e. The molecule has 3 heterocycles. The van der Waals surface area contributed by atoms with E-state index in [0.29, 0.717) is 17.8 Å². The van der Waals surface area contributed by atoms with Crippen molar-refractivity contribution in [3.05, 3.63) is 35.5 Å². The molecule has 1 saturated carbocycles. The number of likely N-dealkylation sites (tertiary alicyclic amines) is 1. The summed E-state index contributed by atoms with van der Waals surface area (Å²) < 4.78 is 5.76. The summed E-state index contributed by atoms with van der Waals surface area (Å²) in [5.41, 5.74) is 2.44. The van der Waals surface area contributed by atoms with Crippen molar-refractivity contribution in [3.8, 4) is 5.88 Å². The van der Waals surface area contributed by atoms with E-state index in [4.69, 9.17) is 4.74 Å². The fraction of sp³-hybridized carbons (Fsp3) is 0.474. The molecule has 2 amide bonds. The Morgan fingerprint density at radius 1 is 1.38 bits per heavy atom. The summed E-state index contributed by atoms with van der Waals surface area (Å²) in [5.74, 6) is 1.26. The number of hydrogen-bond acceptors (Lipinski definition) is 4. The Bertz CT molecular complexity index is 750. The van der Waals surface area contributed by atoms with E-state index in [2.05, 4.69) is 21.4 Å². The molecular formula is C19H25N5O2. The Hall–Kier alpha value is -2.70. The summed E-state index contributed by atoms with van der Waals surface area (Å²) in [6, 6.07) is 2.49. The van der Waals surface area contributed by atoms with Crippen molar-refractivity contribution in [3.63, 3.8) is 0 Å². The number of nitrogens with one attached hydrogen (secondary N) is 2. The molecule has 7 nitrogen and oxygen atoms in total. The van der Waals surface area contributed by atoms with Crippen LogP contribution >= 0.6 is 0 Å². The molecule has 2 fully saturated rings. The number of urea groups is 1. The molecule has 1 aromatic rings. The first-order valence-electron chi connectivity index (χ1n) is 9.21. The van der Waals surface area contributed by atoms with E-state index in [-0.39, 0.29) is 6.03 Å². The maximum atomic E-state index is 12.1. The highest BCUT2D eigenvalue weighted by Gasteiger charge is 2.27. The standard InChI is InChI=1S/C19H25N5O2/c1-23-9-6-20-18(13-23)26-17-11-15(12-21-17)10-14-4-7-24(8-5-14)19(25)22-16-2-3-16/h6,10-13,16,21H,2-5,7-9H2,1H3,(H,22,25). The van der Waals surface area contributed by atoms with Crippen LogP contribution in [0.1, 0.15) is 31.2 Å². The Morgan fingerprint density at radius 3 is 2.92 bits per heavy atom. The van der Waals surface area contributed by atoms with Gasteiger partial charge < -0.3 is 24.8 Å². The average molecular weight is 355 g/mol. The predicted molar refractivity (Wildman–Crippen MR) is 101 cm³/mol. The van der Waals surface area contributed by atoms with E-state index in [1.54, 1.807) is 0 Å². The van der Waals surface area contributed by atoms with Crippen LogP contribution in [0.15, 0.2) is 34.9 Å². The Balaban J connectivity index is 1.31. The average Bonchev–Trinajstić information content (AvgIpc) is 3.34. The van der Waals surface area contributed by atoms with Crippen LogP contribution in [0.25, 0.3) is 6.08 Å². The molecule has 1 saturated heterocycles. The first-order chi connectivity index (χ1) is 12.7. The zero-order chi connectivity index (χ0) is 17.9. The first-order valence-corrected chi connectivity index (χ1v) is 9.21. The van der Waals surface area contributed by atoms with Crippen LogP contribution in [0.4, 0.5) is 4.79 Å². The highest BCUT2D eigenvalue weighted by Crippen LogP contribution is 2.24. The number of amides is 2. The number of aromatic nitrogens is 1. The number of hydrogen-bond donors (Lipinski definition) is 2. The predicted octanol–water partition coefficient (Wildman–Crippen LogP) is 2.56. The fourth-order valence-electron chi connectivity index (χ4n) is 3.10. The lowest BCUT2D eigenvalue weighted by molar-refractivity contribution is 0.193. The summed E-state index contributed by atoms with van der Waals surface area (Å²) in [5, 5.41) is 3.06. The third-order valence-electron chi connectivity index (χ3n) is 4.78. The van der Waals surface area contributed by atoms with Crippen molar-refractivity contribution in [2.75, 3.05) is 26.7 Å². The van der Waals surface area contributed by atoms with E-state index < -0.39 is 0 Å². The molecule has 2 aliphatic heterocycles. The van der Waals surface area contributed by atoms with Crippen molar-refractivity contribution in [2.24, 2.45) is 4.99 Å². The highest BCUT2D eigenvalue weighted by atomic mass is 16.5. The van der Waals surface area contributed by atoms with Crippen molar-refractivity contribution < 1.29 is 9.53 Å². The van der Waals surface area contributed by atoms with Gasteiger partial charge in [-0.25, -0.2) is 9.79 Å². The smallest absolute Gasteiger partial charge is 0.317 e. The maximum absolute atomic E-state index is 12.1. The number of rotatable bonds is 4. The number of carbonyl (C=O) groups excluding carboxylic acids is 1. The first kappa shape index (κ1) is 16.8. The summed E-state index contributed by atoms with van der Waals surface area (Å²) in [6.07, 6.45) is 11.9. The number of carbonyl (C=O) groups is 1. The van der Waals surface area contributed by atoms with Crippen molar-refractivity contribution >= 4 is 18.3 Å². The van der Waals surface area contributed by atoms with Crippen LogP contribution in [0.2, 0.25) is 0 Å². The molecule has 0 bridgehead atoms. The van der Waals surface area contributed by atoms with Gasteiger partial charge in [0.25, 0.3) is 0 Å². The molecule has 3 aliphatic rings. The molecular weight excluding hydrogens is 330 g/mol. The summed E-state index contributed by atoms with van der Waals surface area (Å²) in [6.45, 7) is 2.36. The Morgan fingerprint density at radius 2 is 2.19 bits per heavy atom. The number of piperidine rings is 1. The number of nitrogens with zero attached hydrogens (tertiary/aromatic N) is 3. The Labute approximate surface area is 153 Å². The zero-order valence-electron chi connectivity index (χ0n) is 15.1. The third-order valence-corrected chi connectivity index (χ3v) is 4.78. The lowest BCUT2D eigenvalue weighted by Crippen LogP contribution is -2.43. The van der Waals surface area contributed by atoms with Gasteiger partial charge in [0.15, 0.2) is 5.88 Å². The van der Waals surface area contributed by atoms with E-state index in [9.17, 15) is 4.79 Å². The largest absolute Gasteiger partial charge is 0.421 e. The number of aliphatic imine (C=N–C) groups is 1. The van der Waals surface area contributed by atoms with Crippen LogP contribution in [-0.4, -0.2) is 59.8 Å². The molecule has 7 heteroatoms. The van der Waals surface area contributed by atoms with Gasteiger partial charge in [-0.2, -0.15) is 0 Å². The number of aromatic amines is 1. The molecule has 26 heavy (non-hydrogen) atoms. The molecule has 138 valence electrons. The van der Waals surface area contributed by atoms with Crippen LogP contribution in [0.5, 0.6) is 5.88 Å². The lowest BCUT2D eigenvalue weighted by atomic mass is 10.0. The van der Waals surface area contributed by atoms with Gasteiger partial charge in [0.1, 0.15) is 0 Å². The second kappa shape index (κ2) is 7.27. The van der Waals surface area contributed by atoms with Crippen LogP contribution < -0.4 is 10.1 Å². The molecule has 1 aliphatic carbocycles. The van der Waals surface area contributed by atoms with Gasteiger partial charge in [0.05, 0.1) is 12.7 Å². The van der Waals surface area contributed by atoms with Crippen LogP contribution in [-0.2, 0) is 0 Å². The molecule has 0 aromatic carbocycles. The molecule has 0 spiro atoms. The molecule has 4 rings (SSSR count). The molecule has 0 radical (unpaired) electrons. The highest BCUT2D eigenvalue weighted by molar-refractivity contribution is 5.75. The quantitative estimate of drug-likeness (QED) is 0.872. The Kier molecular flexibility index (Phi) is 4.69. The van der Waals surface area contributed by atoms with E-state index in [0.717, 1.165) is 50.9 Å². The monoisotopic (exact) mass is 355 g/mol. The van der Waals surface area contributed by atoms with Gasteiger partial charge in [-0.1, -0.05) is 11.6 Å². The van der Waals surface area contributed by atoms with Gasteiger partial charge in [-0.05, 0) is 31.2 Å². The summed E-state index contributed by atoms with van der Waals surface area (Å²) >= 11 is 0. The molecule has 0 unspecified atom stereocenters. The van der Waals surface area contributed by atoms with Gasteiger partial charge in [0, 0.05) is 44.7 Å². The molecule has 0 atom stereocenters. The second-order valence-corrected chi connectivity index (χ2v) is 7.13. The number of H-pyrrole nitrogens is 1. The molecule has 2 N–H and O–H groups in total. The topological polar surface area (TPSA) is 73.0 Å².